The van der Waals surface area contributed by atoms with Crippen LogP contribution < -0.4 is 9.47 Å². The number of aryl methyl sites for hydroxylation is 1. The van der Waals surface area contributed by atoms with Crippen molar-refractivity contribution in [2.24, 2.45) is 0 Å². The first-order chi connectivity index (χ1) is 11.5. The van der Waals surface area contributed by atoms with E-state index in [9.17, 15) is 14.7 Å². The molecule has 0 spiro atoms. The van der Waals surface area contributed by atoms with E-state index in [0.717, 1.165) is 29.9 Å². The minimum Gasteiger partial charge on any atom is -0.497 e. The summed E-state index contributed by atoms with van der Waals surface area (Å²) in [5, 5.41) is 9.18. The van der Waals surface area contributed by atoms with Crippen molar-refractivity contribution in [2.75, 3.05) is 14.2 Å². The Bertz CT molecular complexity index is 597. The molecule has 0 bridgehead atoms. The summed E-state index contributed by atoms with van der Waals surface area (Å²) in [7, 11) is 3.20. The van der Waals surface area contributed by atoms with Gasteiger partial charge < -0.3 is 19.5 Å². The van der Waals surface area contributed by atoms with Crippen LogP contribution in [0, 0.1) is 0 Å². The zero-order valence-corrected chi connectivity index (χ0v) is 14.4. The summed E-state index contributed by atoms with van der Waals surface area (Å²) in [6.07, 6.45) is 3.48. The Morgan fingerprint density at radius 2 is 2.00 bits per heavy atom. The molecule has 0 saturated heterocycles. The molecule has 24 heavy (non-hydrogen) atoms. The number of carbonyl (C=O) groups is 2. The Morgan fingerprint density at radius 3 is 2.54 bits per heavy atom. The lowest BCUT2D eigenvalue weighted by atomic mass is 10.1. The molecule has 1 aromatic carbocycles. The van der Waals surface area contributed by atoms with Crippen LogP contribution in [0.15, 0.2) is 18.2 Å². The van der Waals surface area contributed by atoms with Crippen molar-refractivity contribution >= 4 is 11.9 Å². The van der Waals surface area contributed by atoms with Crippen LogP contribution in [0.2, 0.25) is 0 Å². The quantitative estimate of drug-likeness (QED) is 0.750. The van der Waals surface area contributed by atoms with Gasteiger partial charge in [-0.3, -0.25) is 4.79 Å². The van der Waals surface area contributed by atoms with Crippen LogP contribution >= 0.6 is 0 Å². The molecule has 0 aromatic heterocycles. The molecule has 1 aliphatic carbocycles. The number of carbonyl (C=O) groups excluding carboxylic acids is 1. The summed E-state index contributed by atoms with van der Waals surface area (Å²) in [6, 6.07) is 4.95. The third kappa shape index (κ3) is 4.40. The summed E-state index contributed by atoms with van der Waals surface area (Å²) < 4.78 is 10.5. The fraction of sp³-hybridized carbons (Fsp3) is 0.556. The molecule has 1 aromatic rings. The topological polar surface area (TPSA) is 76.1 Å². The number of benzene rings is 1. The van der Waals surface area contributed by atoms with Gasteiger partial charge in [0, 0.05) is 18.5 Å². The highest BCUT2D eigenvalue weighted by Gasteiger charge is 2.37. The Hall–Kier alpha value is -2.24. The van der Waals surface area contributed by atoms with Crippen molar-refractivity contribution < 1.29 is 24.2 Å². The number of carboxylic acids is 1. The van der Waals surface area contributed by atoms with E-state index in [1.54, 1.807) is 21.1 Å². The van der Waals surface area contributed by atoms with Crippen LogP contribution in [-0.2, 0) is 16.0 Å². The van der Waals surface area contributed by atoms with Crippen LogP contribution in [0.3, 0.4) is 0 Å². The molecule has 0 radical (unpaired) electrons. The second kappa shape index (κ2) is 8.04. The van der Waals surface area contributed by atoms with Crippen molar-refractivity contribution in [3.8, 4) is 11.5 Å². The van der Waals surface area contributed by atoms with Gasteiger partial charge in [-0.05, 0) is 44.2 Å². The molecule has 1 aliphatic rings. The number of amides is 1. The van der Waals surface area contributed by atoms with Crippen molar-refractivity contribution in [3.63, 3.8) is 0 Å². The van der Waals surface area contributed by atoms with Gasteiger partial charge >= 0.3 is 5.97 Å². The average Bonchev–Trinajstić information content (AvgIpc) is 3.39. The standard InChI is InChI=1S/C18H25NO5/c1-12(18(21)22)19(14-8-9-14)17(20)6-4-5-13-7-10-15(23-2)11-16(13)24-3/h7,10-12,14H,4-6,8-9H2,1-3H3,(H,21,22). The van der Waals surface area contributed by atoms with Gasteiger partial charge in [-0.1, -0.05) is 6.07 Å². The van der Waals surface area contributed by atoms with Crippen LogP contribution in [0.4, 0.5) is 0 Å². The lowest BCUT2D eigenvalue weighted by Gasteiger charge is -2.26. The van der Waals surface area contributed by atoms with E-state index < -0.39 is 12.0 Å². The fourth-order valence-corrected chi connectivity index (χ4v) is 2.83. The SMILES string of the molecule is COc1ccc(CCCC(=O)N(C2CC2)C(C)C(=O)O)c(OC)c1. The number of methoxy groups -OCH3 is 2. The molecule has 1 fully saturated rings. The maximum absolute atomic E-state index is 12.4. The maximum Gasteiger partial charge on any atom is 0.326 e. The predicted octanol–water partition coefficient (Wildman–Crippen LogP) is 2.49. The minimum absolute atomic E-state index is 0.0834. The number of carboxylic acid groups (broad SMARTS) is 1. The zero-order valence-electron chi connectivity index (χ0n) is 14.4. The van der Waals surface area contributed by atoms with Gasteiger partial charge in [0.25, 0.3) is 0 Å². The van der Waals surface area contributed by atoms with Crippen LogP contribution in [0.1, 0.15) is 38.2 Å². The number of nitrogens with zero attached hydrogens (tertiary/aromatic N) is 1. The lowest BCUT2D eigenvalue weighted by Crippen LogP contribution is -2.44. The fourth-order valence-electron chi connectivity index (χ4n) is 2.83. The monoisotopic (exact) mass is 335 g/mol. The Morgan fingerprint density at radius 1 is 1.29 bits per heavy atom. The summed E-state index contributed by atoms with van der Waals surface area (Å²) in [6.45, 7) is 1.57. The molecule has 2 rings (SSSR count). The largest absolute Gasteiger partial charge is 0.497 e. The van der Waals surface area contributed by atoms with E-state index in [2.05, 4.69) is 0 Å². The number of rotatable bonds is 9. The Balaban J connectivity index is 1.93. The molecule has 1 amide bonds. The first-order valence-electron chi connectivity index (χ1n) is 8.22. The van der Waals surface area contributed by atoms with Crippen molar-refractivity contribution in [3.05, 3.63) is 23.8 Å². The Labute approximate surface area is 142 Å². The highest BCUT2D eigenvalue weighted by atomic mass is 16.5. The van der Waals surface area contributed by atoms with Crippen LogP contribution in [-0.4, -0.2) is 48.2 Å². The van der Waals surface area contributed by atoms with Crippen molar-refractivity contribution in [2.45, 2.75) is 51.1 Å². The number of hydrogen-bond acceptors (Lipinski definition) is 4. The summed E-state index contributed by atoms with van der Waals surface area (Å²) in [5.74, 6) is 0.425. The first kappa shape index (κ1) is 18.1. The summed E-state index contributed by atoms with van der Waals surface area (Å²) >= 11 is 0. The van der Waals surface area contributed by atoms with Gasteiger partial charge in [0.05, 0.1) is 14.2 Å². The molecule has 1 unspecified atom stereocenters. The second-order valence-corrected chi connectivity index (χ2v) is 6.08. The third-order valence-corrected chi connectivity index (χ3v) is 4.33. The normalized spacial score (nSPS) is 14.8. The van der Waals surface area contributed by atoms with Crippen molar-refractivity contribution in [1.29, 1.82) is 0 Å². The Kier molecular flexibility index (Phi) is 6.06. The van der Waals surface area contributed by atoms with Gasteiger partial charge in [-0.15, -0.1) is 0 Å². The van der Waals surface area contributed by atoms with E-state index in [0.29, 0.717) is 19.3 Å². The van der Waals surface area contributed by atoms with Crippen molar-refractivity contribution in [1.82, 2.24) is 4.90 Å². The van der Waals surface area contributed by atoms with Crippen LogP contribution in [0.25, 0.3) is 0 Å². The summed E-state index contributed by atoms with van der Waals surface area (Å²) in [4.78, 5) is 25.2. The van der Waals surface area contributed by atoms with E-state index in [1.807, 2.05) is 18.2 Å². The van der Waals surface area contributed by atoms with E-state index >= 15 is 0 Å². The molecule has 132 valence electrons. The molecule has 0 aliphatic heterocycles. The highest BCUT2D eigenvalue weighted by Crippen LogP contribution is 2.30. The molecule has 6 heteroatoms. The van der Waals surface area contributed by atoms with Crippen LogP contribution in [0.5, 0.6) is 11.5 Å². The van der Waals surface area contributed by atoms with Gasteiger partial charge in [0.2, 0.25) is 5.91 Å². The molecule has 1 atom stereocenters. The molecule has 0 heterocycles. The molecular weight excluding hydrogens is 310 g/mol. The van der Waals surface area contributed by atoms with Gasteiger partial charge in [-0.25, -0.2) is 4.79 Å². The molecule has 6 nitrogen and oxygen atoms in total. The van der Waals surface area contributed by atoms with Gasteiger partial charge in [-0.2, -0.15) is 0 Å². The maximum atomic E-state index is 12.4. The van der Waals surface area contributed by atoms with Gasteiger partial charge in [0.15, 0.2) is 0 Å². The second-order valence-electron chi connectivity index (χ2n) is 6.08. The third-order valence-electron chi connectivity index (χ3n) is 4.33. The molecule has 1 N–H and O–H groups in total. The van der Waals surface area contributed by atoms with E-state index in [4.69, 9.17) is 9.47 Å². The molecular formula is C18H25NO5. The smallest absolute Gasteiger partial charge is 0.326 e. The van der Waals surface area contributed by atoms with E-state index in [1.165, 1.54) is 4.90 Å². The minimum atomic E-state index is -0.952. The zero-order chi connectivity index (χ0) is 17.7. The number of hydrogen-bond donors (Lipinski definition) is 1. The highest BCUT2D eigenvalue weighted by molar-refractivity contribution is 5.84. The van der Waals surface area contributed by atoms with E-state index in [-0.39, 0.29) is 11.9 Å². The lowest BCUT2D eigenvalue weighted by molar-refractivity contribution is -0.150. The number of ether oxygens (including phenoxy) is 2. The van der Waals surface area contributed by atoms with Gasteiger partial charge in [0.1, 0.15) is 17.5 Å². The summed E-state index contributed by atoms with van der Waals surface area (Å²) in [5.41, 5.74) is 1.01. The first-order valence-corrected chi connectivity index (χ1v) is 8.22. The molecule has 1 saturated carbocycles. The average molecular weight is 335 g/mol. The number of aliphatic carboxylic acids is 1. The predicted molar refractivity (Wildman–Crippen MR) is 89.4 cm³/mol.